The molecule has 0 N–H and O–H groups in total. The zero-order chi connectivity index (χ0) is 17.8. The molecule has 0 spiro atoms. The van der Waals surface area contributed by atoms with Crippen molar-refractivity contribution >= 4 is 28.8 Å². The van der Waals surface area contributed by atoms with E-state index in [1.54, 1.807) is 0 Å². The molecule has 4 rings (SSSR count). The first kappa shape index (κ1) is 16.6. The highest BCUT2D eigenvalue weighted by atomic mass is 28.3. The van der Waals surface area contributed by atoms with Gasteiger partial charge in [-0.05, 0) is 27.7 Å². The van der Waals surface area contributed by atoms with E-state index in [1.807, 2.05) is 0 Å². The van der Waals surface area contributed by atoms with Crippen LogP contribution in [-0.2, 0) is 0 Å². The van der Waals surface area contributed by atoms with E-state index in [4.69, 9.17) is 0 Å². The Bertz CT molecular complexity index is 862. The molecule has 0 aliphatic heterocycles. The van der Waals surface area contributed by atoms with Gasteiger partial charge >= 0.3 is 0 Å². The van der Waals surface area contributed by atoms with E-state index in [1.165, 1.54) is 26.3 Å². The Hall–Kier alpha value is -2.90. The molecule has 0 amide bonds. The molecule has 0 aliphatic carbocycles. The molecule has 0 nitrogen and oxygen atoms in total. The van der Waals surface area contributed by atoms with Crippen molar-refractivity contribution in [1.29, 1.82) is 0 Å². The smallest absolute Gasteiger partial charge is 0.0623 e. The molecule has 0 heterocycles. The molecule has 0 saturated heterocycles. The van der Waals surface area contributed by atoms with Crippen LogP contribution in [0.1, 0.15) is 5.56 Å². The first-order valence-corrected chi connectivity index (χ1v) is 11.1. The van der Waals surface area contributed by atoms with Crippen molar-refractivity contribution in [3.63, 3.8) is 0 Å². The van der Waals surface area contributed by atoms with E-state index < -0.39 is 8.07 Å². The molecule has 126 valence electrons. The fraction of sp³-hybridized carbons (Fsp3) is 0.0400. The topological polar surface area (TPSA) is 0 Å². The minimum absolute atomic E-state index is 1.30. The maximum absolute atomic E-state index is 2.33. The van der Waals surface area contributed by atoms with Gasteiger partial charge in [-0.25, -0.2) is 0 Å². The van der Waals surface area contributed by atoms with Gasteiger partial charge in [-0.3, -0.25) is 0 Å². The number of benzene rings is 4. The van der Waals surface area contributed by atoms with Crippen LogP contribution >= 0.6 is 0 Å². The van der Waals surface area contributed by atoms with Crippen LogP contribution in [0.15, 0.2) is 115 Å². The lowest BCUT2D eigenvalue weighted by Gasteiger charge is -2.34. The summed E-state index contributed by atoms with van der Waals surface area (Å²) in [6.45, 7) is 2.15. The van der Waals surface area contributed by atoms with Gasteiger partial charge in [0.05, 0.1) is 0 Å². The largest absolute Gasteiger partial charge is 0.179 e. The van der Waals surface area contributed by atoms with Crippen LogP contribution in [0.2, 0.25) is 0 Å². The van der Waals surface area contributed by atoms with Crippen molar-refractivity contribution in [2.24, 2.45) is 0 Å². The molecule has 0 fully saturated rings. The summed E-state index contributed by atoms with van der Waals surface area (Å²) in [5.74, 6) is 0. The third-order valence-electron chi connectivity index (χ3n) is 5.10. The highest BCUT2D eigenvalue weighted by molar-refractivity contribution is 7.19. The third kappa shape index (κ3) is 2.81. The van der Waals surface area contributed by atoms with E-state index in [9.17, 15) is 0 Å². The molecule has 4 aromatic carbocycles. The molecule has 0 unspecified atom stereocenters. The molecule has 0 radical (unpaired) electrons. The van der Waals surface area contributed by atoms with Crippen molar-refractivity contribution in [1.82, 2.24) is 0 Å². The van der Waals surface area contributed by atoms with Crippen molar-refractivity contribution in [2.45, 2.75) is 6.92 Å². The summed E-state index contributed by atoms with van der Waals surface area (Å²) in [6.07, 6.45) is 0. The van der Waals surface area contributed by atoms with Gasteiger partial charge < -0.3 is 0 Å². The molecule has 0 aromatic heterocycles. The summed E-state index contributed by atoms with van der Waals surface area (Å²) in [5.41, 5.74) is 1.30. The molecule has 4 aromatic rings. The Labute approximate surface area is 156 Å². The van der Waals surface area contributed by atoms with Gasteiger partial charge in [-0.15, -0.1) is 0 Å². The average Bonchev–Trinajstić information content (AvgIpc) is 2.72. The summed E-state index contributed by atoms with van der Waals surface area (Å²) >= 11 is 0. The van der Waals surface area contributed by atoms with Crippen molar-refractivity contribution in [3.8, 4) is 0 Å². The zero-order valence-electron chi connectivity index (χ0n) is 15.0. The average molecular weight is 351 g/mol. The molecule has 26 heavy (non-hydrogen) atoms. The van der Waals surface area contributed by atoms with Crippen LogP contribution in [0.5, 0.6) is 0 Å². The van der Waals surface area contributed by atoms with Crippen molar-refractivity contribution in [3.05, 3.63) is 121 Å². The van der Waals surface area contributed by atoms with Crippen LogP contribution in [0.25, 0.3) is 0 Å². The molecule has 0 aliphatic rings. The predicted octanol–water partition coefficient (Wildman–Crippen LogP) is 3.37. The molecular weight excluding hydrogens is 328 g/mol. The van der Waals surface area contributed by atoms with Gasteiger partial charge in [-0.2, -0.15) is 0 Å². The lowest BCUT2D eigenvalue weighted by Crippen LogP contribution is -2.74. The first-order chi connectivity index (χ1) is 12.8. The Kier molecular flexibility index (Phi) is 4.55. The number of hydrogen-bond acceptors (Lipinski definition) is 0. The normalized spacial score (nSPS) is 11.3. The quantitative estimate of drug-likeness (QED) is 0.391. The standard InChI is InChI=1S/C25H22Si/c1-21-17-19-25(20-18-21)26(22-11-5-2-6-12-22,23-13-7-3-8-14-23)24-15-9-4-10-16-24/h2-20H,1H3. The van der Waals surface area contributed by atoms with Gasteiger partial charge in [-0.1, -0.05) is 121 Å². The maximum Gasteiger partial charge on any atom is 0.179 e. The van der Waals surface area contributed by atoms with E-state index >= 15 is 0 Å². The lowest BCUT2D eigenvalue weighted by atomic mass is 10.2. The molecule has 0 bridgehead atoms. The number of aryl methyl sites for hydroxylation is 1. The van der Waals surface area contributed by atoms with Gasteiger partial charge in [0.2, 0.25) is 0 Å². The zero-order valence-corrected chi connectivity index (χ0v) is 16.0. The van der Waals surface area contributed by atoms with Crippen molar-refractivity contribution in [2.75, 3.05) is 0 Å². The maximum atomic E-state index is 2.33. The molecule has 0 saturated carbocycles. The summed E-state index contributed by atoms with van der Waals surface area (Å²) < 4.78 is 0. The Balaban J connectivity index is 2.12. The molecular formula is C25H22Si. The van der Waals surface area contributed by atoms with E-state index in [-0.39, 0.29) is 0 Å². The number of rotatable bonds is 4. The Morgan fingerprint density at radius 2 is 0.692 bits per heavy atom. The van der Waals surface area contributed by atoms with Gasteiger partial charge in [0.15, 0.2) is 8.07 Å². The van der Waals surface area contributed by atoms with Crippen LogP contribution in [-0.4, -0.2) is 8.07 Å². The Morgan fingerprint density at radius 1 is 0.385 bits per heavy atom. The highest BCUT2D eigenvalue weighted by Gasteiger charge is 2.40. The van der Waals surface area contributed by atoms with Crippen LogP contribution < -0.4 is 20.7 Å². The van der Waals surface area contributed by atoms with Crippen LogP contribution in [0.4, 0.5) is 0 Å². The van der Waals surface area contributed by atoms with Gasteiger partial charge in [0.25, 0.3) is 0 Å². The first-order valence-electron chi connectivity index (χ1n) is 9.05. The SMILES string of the molecule is Cc1ccc([Si](c2ccccc2)(c2ccccc2)c2ccccc2)cc1. The minimum atomic E-state index is -2.32. The van der Waals surface area contributed by atoms with Crippen LogP contribution in [0.3, 0.4) is 0 Å². The second-order valence-corrected chi connectivity index (χ2v) is 10.5. The van der Waals surface area contributed by atoms with E-state index in [0.29, 0.717) is 0 Å². The minimum Gasteiger partial charge on any atom is -0.0623 e. The molecule has 1 heteroatoms. The number of hydrogen-bond donors (Lipinski definition) is 0. The monoisotopic (exact) mass is 350 g/mol. The second-order valence-electron chi connectivity index (χ2n) is 6.71. The fourth-order valence-electron chi connectivity index (χ4n) is 3.87. The fourth-order valence-corrected chi connectivity index (χ4v) is 8.61. The van der Waals surface area contributed by atoms with Crippen molar-refractivity contribution < 1.29 is 0 Å². The van der Waals surface area contributed by atoms with E-state index in [2.05, 4.69) is 122 Å². The lowest BCUT2D eigenvalue weighted by molar-refractivity contribution is 1.49. The highest BCUT2D eigenvalue weighted by Crippen LogP contribution is 2.10. The Morgan fingerprint density at radius 3 is 1.04 bits per heavy atom. The summed E-state index contributed by atoms with van der Waals surface area (Å²) in [5, 5.41) is 5.68. The summed E-state index contributed by atoms with van der Waals surface area (Å²) in [6, 6.07) is 42.2. The van der Waals surface area contributed by atoms with Crippen LogP contribution in [0, 0.1) is 6.92 Å². The van der Waals surface area contributed by atoms with E-state index in [0.717, 1.165) is 0 Å². The van der Waals surface area contributed by atoms with Gasteiger partial charge in [0.1, 0.15) is 0 Å². The molecule has 0 atom stereocenters. The predicted molar refractivity (Wildman–Crippen MR) is 115 cm³/mol. The summed E-state index contributed by atoms with van der Waals surface area (Å²) in [4.78, 5) is 0. The summed E-state index contributed by atoms with van der Waals surface area (Å²) in [7, 11) is -2.32. The second kappa shape index (κ2) is 7.15. The van der Waals surface area contributed by atoms with Gasteiger partial charge in [0, 0.05) is 0 Å². The third-order valence-corrected chi connectivity index (χ3v) is 9.90.